The van der Waals surface area contributed by atoms with E-state index >= 15 is 0 Å². The Morgan fingerprint density at radius 2 is 2.11 bits per heavy atom. The maximum absolute atomic E-state index is 9.11. The first kappa shape index (κ1) is 13.2. The fourth-order valence-corrected chi connectivity index (χ4v) is 2.51. The first-order valence-corrected chi connectivity index (χ1v) is 7.05. The second-order valence-electron chi connectivity index (χ2n) is 4.18. The first-order chi connectivity index (χ1) is 8.83. The minimum atomic E-state index is 0.159. The summed E-state index contributed by atoms with van der Waals surface area (Å²) in [4.78, 5) is 4.60. The molecule has 1 aromatic carbocycles. The molecule has 4 heteroatoms. The third kappa shape index (κ3) is 3.38. The summed E-state index contributed by atoms with van der Waals surface area (Å²) in [6, 6.07) is 10.3. The third-order valence-electron chi connectivity index (χ3n) is 2.86. The van der Waals surface area contributed by atoms with E-state index in [0.717, 1.165) is 22.7 Å². The molecule has 0 aliphatic carbocycles. The van der Waals surface area contributed by atoms with Gasteiger partial charge in [0, 0.05) is 23.5 Å². The molecule has 18 heavy (non-hydrogen) atoms. The van der Waals surface area contributed by atoms with Crippen molar-refractivity contribution in [1.29, 1.82) is 0 Å². The molecular weight excluding hydrogens is 244 g/mol. The number of nitrogens with zero attached hydrogens (tertiary/aromatic N) is 1. The highest BCUT2D eigenvalue weighted by Gasteiger charge is 2.07. The van der Waals surface area contributed by atoms with Crippen molar-refractivity contribution >= 4 is 11.3 Å². The van der Waals surface area contributed by atoms with Crippen LogP contribution in [0.3, 0.4) is 0 Å². The zero-order valence-corrected chi connectivity index (χ0v) is 11.3. The SMILES string of the molecule is CCC(CO)NCc1csc(-c2ccccc2)n1. The van der Waals surface area contributed by atoms with E-state index in [9.17, 15) is 0 Å². The summed E-state index contributed by atoms with van der Waals surface area (Å²) in [5, 5.41) is 15.5. The molecule has 0 bridgehead atoms. The van der Waals surface area contributed by atoms with Gasteiger partial charge in [0.2, 0.25) is 0 Å². The molecule has 1 unspecified atom stereocenters. The highest BCUT2D eigenvalue weighted by molar-refractivity contribution is 7.13. The van der Waals surface area contributed by atoms with Crippen molar-refractivity contribution in [2.24, 2.45) is 0 Å². The van der Waals surface area contributed by atoms with Crippen LogP contribution in [0, 0.1) is 0 Å². The molecule has 0 saturated heterocycles. The van der Waals surface area contributed by atoms with Crippen LogP contribution in [0.1, 0.15) is 19.0 Å². The molecule has 0 amide bonds. The zero-order chi connectivity index (χ0) is 12.8. The van der Waals surface area contributed by atoms with E-state index in [1.165, 1.54) is 0 Å². The molecule has 1 heterocycles. The van der Waals surface area contributed by atoms with Crippen LogP contribution in [0.25, 0.3) is 10.6 Å². The Hall–Kier alpha value is -1.23. The standard InChI is InChI=1S/C14H18N2OS/c1-2-12(9-17)15-8-13-10-18-14(16-13)11-6-4-3-5-7-11/h3-7,10,12,15,17H,2,8-9H2,1H3. The molecule has 0 saturated carbocycles. The molecule has 2 rings (SSSR count). The van der Waals surface area contributed by atoms with Gasteiger partial charge in [0.15, 0.2) is 0 Å². The third-order valence-corrected chi connectivity index (χ3v) is 3.80. The predicted octanol–water partition coefficient (Wildman–Crippen LogP) is 2.67. The zero-order valence-electron chi connectivity index (χ0n) is 10.5. The maximum atomic E-state index is 9.11. The summed E-state index contributed by atoms with van der Waals surface area (Å²) in [6.45, 7) is 2.94. The van der Waals surface area contributed by atoms with Gasteiger partial charge in [-0.15, -0.1) is 11.3 Å². The number of aromatic nitrogens is 1. The van der Waals surface area contributed by atoms with Gasteiger partial charge in [0.05, 0.1) is 12.3 Å². The average molecular weight is 262 g/mol. The van der Waals surface area contributed by atoms with E-state index < -0.39 is 0 Å². The second kappa shape index (κ2) is 6.64. The molecule has 1 atom stereocenters. The van der Waals surface area contributed by atoms with Crippen LogP contribution in [0.2, 0.25) is 0 Å². The van der Waals surface area contributed by atoms with Gasteiger partial charge in [0.1, 0.15) is 5.01 Å². The summed E-state index contributed by atoms with van der Waals surface area (Å²) in [6.07, 6.45) is 0.923. The normalized spacial score (nSPS) is 12.6. The monoisotopic (exact) mass is 262 g/mol. The van der Waals surface area contributed by atoms with Gasteiger partial charge in [-0.3, -0.25) is 0 Å². The number of rotatable bonds is 6. The Bertz CT molecular complexity index is 466. The lowest BCUT2D eigenvalue weighted by Crippen LogP contribution is -2.31. The fourth-order valence-electron chi connectivity index (χ4n) is 1.69. The van der Waals surface area contributed by atoms with Gasteiger partial charge < -0.3 is 10.4 Å². The highest BCUT2D eigenvalue weighted by atomic mass is 32.1. The summed E-state index contributed by atoms with van der Waals surface area (Å²) in [5.74, 6) is 0. The van der Waals surface area contributed by atoms with Crippen molar-refractivity contribution in [3.05, 3.63) is 41.4 Å². The van der Waals surface area contributed by atoms with Crippen molar-refractivity contribution in [2.75, 3.05) is 6.61 Å². The summed E-state index contributed by atoms with van der Waals surface area (Å²) >= 11 is 1.66. The average Bonchev–Trinajstić information content (AvgIpc) is 2.90. The Morgan fingerprint density at radius 1 is 1.33 bits per heavy atom. The number of hydrogen-bond donors (Lipinski definition) is 2. The Kier molecular flexibility index (Phi) is 4.87. The predicted molar refractivity (Wildman–Crippen MR) is 75.6 cm³/mol. The molecule has 0 radical (unpaired) electrons. The van der Waals surface area contributed by atoms with Crippen molar-refractivity contribution in [2.45, 2.75) is 25.9 Å². The Labute approximate surface area is 112 Å². The number of aliphatic hydroxyl groups excluding tert-OH is 1. The van der Waals surface area contributed by atoms with Gasteiger partial charge in [-0.1, -0.05) is 37.3 Å². The maximum Gasteiger partial charge on any atom is 0.123 e. The molecule has 0 aliphatic rings. The minimum absolute atomic E-state index is 0.159. The van der Waals surface area contributed by atoms with Crippen LogP contribution >= 0.6 is 11.3 Å². The smallest absolute Gasteiger partial charge is 0.123 e. The van der Waals surface area contributed by atoms with E-state index in [1.807, 2.05) is 18.2 Å². The number of benzene rings is 1. The quantitative estimate of drug-likeness (QED) is 0.841. The molecule has 1 aromatic heterocycles. The number of hydrogen-bond acceptors (Lipinski definition) is 4. The molecule has 96 valence electrons. The molecule has 2 N–H and O–H groups in total. The van der Waals surface area contributed by atoms with Crippen molar-refractivity contribution < 1.29 is 5.11 Å². The summed E-state index contributed by atoms with van der Waals surface area (Å²) in [5.41, 5.74) is 2.19. The number of nitrogens with one attached hydrogen (secondary N) is 1. The van der Waals surface area contributed by atoms with Gasteiger partial charge in [-0.05, 0) is 6.42 Å². The number of thiazole rings is 1. The molecule has 0 aliphatic heterocycles. The molecule has 2 aromatic rings. The molecule has 0 fully saturated rings. The van der Waals surface area contributed by atoms with Crippen LogP contribution in [-0.4, -0.2) is 22.7 Å². The van der Waals surface area contributed by atoms with Crippen molar-refractivity contribution in [3.63, 3.8) is 0 Å². The van der Waals surface area contributed by atoms with Gasteiger partial charge in [-0.2, -0.15) is 0 Å². The van der Waals surface area contributed by atoms with Crippen LogP contribution < -0.4 is 5.32 Å². The lowest BCUT2D eigenvalue weighted by molar-refractivity contribution is 0.238. The first-order valence-electron chi connectivity index (χ1n) is 6.17. The van der Waals surface area contributed by atoms with E-state index in [2.05, 4.69) is 34.7 Å². The molecule has 0 spiro atoms. The van der Waals surface area contributed by atoms with Gasteiger partial charge >= 0.3 is 0 Å². The number of aliphatic hydroxyl groups is 1. The minimum Gasteiger partial charge on any atom is -0.395 e. The Morgan fingerprint density at radius 3 is 2.78 bits per heavy atom. The van der Waals surface area contributed by atoms with E-state index in [4.69, 9.17) is 5.11 Å². The van der Waals surface area contributed by atoms with Crippen LogP contribution in [0.5, 0.6) is 0 Å². The van der Waals surface area contributed by atoms with Crippen LogP contribution in [0.15, 0.2) is 35.7 Å². The van der Waals surface area contributed by atoms with E-state index in [1.54, 1.807) is 11.3 Å². The highest BCUT2D eigenvalue weighted by Crippen LogP contribution is 2.23. The summed E-state index contributed by atoms with van der Waals surface area (Å²) in [7, 11) is 0. The molecular formula is C14H18N2OS. The van der Waals surface area contributed by atoms with Crippen LogP contribution in [-0.2, 0) is 6.54 Å². The Balaban J connectivity index is 1.98. The van der Waals surface area contributed by atoms with E-state index in [0.29, 0.717) is 6.54 Å². The van der Waals surface area contributed by atoms with Gasteiger partial charge in [-0.25, -0.2) is 4.98 Å². The molecule has 3 nitrogen and oxygen atoms in total. The van der Waals surface area contributed by atoms with Crippen molar-refractivity contribution in [3.8, 4) is 10.6 Å². The van der Waals surface area contributed by atoms with Crippen molar-refractivity contribution in [1.82, 2.24) is 10.3 Å². The van der Waals surface area contributed by atoms with Gasteiger partial charge in [0.25, 0.3) is 0 Å². The second-order valence-corrected chi connectivity index (χ2v) is 5.04. The largest absolute Gasteiger partial charge is 0.395 e. The fraction of sp³-hybridized carbons (Fsp3) is 0.357. The summed E-state index contributed by atoms with van der Waals surface area (Å²) < 4.78 is 0. The van der Waals surface area contributed by atoms with Crippen LogP contribution in [0.4, 0.5) is 0 Å². The lowest BCUT2D eigenvalue weighted by Gasteiger charge is -2.12. The lowest BCUT2D eigenvalue weighted by atomic mass is 10.2. The topological polar surface area (TPSA) is 45.1 Å². The van der Waals surface area contributed by atoms with E-state index in [-0.39, 0.29) is 12.6 Å².